The van der Waals surface area contributed by atoms with Crippen molar-refractivity contribution in [3.8, 4) is 17.0 Å². The molecule has 2 heterocycles. The third-order valence-electron chi connectivity index (χ3n) is 5.63. The van der Waals surface area contributed by atoms with E-state index in [-0.39, 0.29) is 29.5 Å². The Hall–Kier alpha value is -3.55. The summed E-state index contributed by atoms with van der Waals surface area (Å²) in [4.78, 5) is 25.0. The quantitative estimate of drug-likeness (QED) is 0.553. The predicted molar refractivity (Wildman–Crippen MR) is 110 cm³/mol. The van der Waals surface area contributed by atoms with Gasteiger partial charge in [0.1, 0.15) is 5.75 Å². The van der Waals surface area contributed by atoms with E-state index in [0.29, 0.717) is 22.9 Å². The Kier molecular flexibility index (Phi) is 4.54. The second-order valence-electron chi connectivity index (χ2n) is 7.88. The maximum atomic E-state index is 12.7. The molecule has 3 aromatic rings. The molecule has 2 aliphatic rings. The zero-order valence-electron chi connectivity index (χ0n) is 16.3. The van der Waals surface area contributed by atoms with Crippen LogP contribution in [0.1, 0.15) is 54.3 Å². The van der Waals surface area contributed by atoms with Crippen LogP contribution in [-0.2, 0) is 0 Å². The van der Waals surface area contributed by atoms with Crippen LogP contribution >= 0.6 is 0 Å². The highest BCUT2D eigenvalue weighted by atomic mass is 16.3. The number of hydrogen-bond donors (Lipinski definition) is 3. The number of rotatable bonds is 5. The molecular formula is C22H22N4O4. The number of carbonyl (C=O) groups excluding carboxylic acids is 2. The summed E-state index contributed by atoms with van der Waals surface area (Å²) in [6, 6.07) is 9.82. The summed E-state index contributed by atoms with van der Waals surface area (Å²) < 4.78 is 6.55. The Balaban J connectivity index is 1.46. The van der Waals surface area contributed by atoms with Crippen LogP contribution in [0.4, 0.5) is 10.5 Å². The molecule has 2 amide bonds. The predicted octanol–water partition coefficient (Wildman–Crippen LogP) is 4.09. The lowest BCUT2D eigenvalue weighted by atomic mass is 9.82. The minimum atomic E-state index is -0.388. The SMILES string of the molecule is O=C(Nc1ccc(O)c(-c2cc(C3CCC3)n(C(=O)NC3CC3)n2)c1)c1ccco1. The van der Waals surface area contributed by atoms with E-state index in [1.165, 1.54) is 17.0 Å². The number of phenols is 1. The van der Waals surface area contributed by atoms with Gasteiger partial charge in [-0.15, -0.1) is 0 Å². The molecule has 8 nitrogen and oxygen atoms in total. The van der Waals surface area contributed by atoms with Crippen LogP contribution in [0, 0.1) is 0 Å². The zero-order valence-corrected chi connectivity index (χ0v) is 16.3. The first-order chi connectivity index (χ1) is 14.6. The normalized spacial score (nSPS) is 16.1. The lowest BCUT2D eigenvalue weighted by Crippen LogP contribution is -2.33. The number of aromatic nitrogens is 2. The number of hydrogen-bond acceptors (Lipinski definition) is 5. The molecule has 2 aliphatic carbocycles. The van der Waals surface area contributed by atoms with Crippen molar-refractivity contribution in [1.29, 1.82) is 0 Å². The lowest BCUT2D eigenvalue weighted by Gasteiger charge is -2.25. The van der Waals surface area contributed by atoms with Gasteiger partial charge in [0.15, 0.2) is 5.76 Å². The molecule has 0 bridgehead atoms. The molecular weight excluding hydrogens is 384 g/mol. The fraction of sp³-hybridized carbons (Fsp3) is 0.318. The number of benzene rings is 1. The van der Waals surface area contributed by atoms with Gasteiger partial charge < -0.3 is 20.2 Å². The second-order valence-corrected chi connectivity index (χ2v) is 7.88. The summed E-state index contributed by atoms with van der Waals surface area (Å²) in [6.45, 7) is 0. The van der Waals surface area contributed by atoms with E-state index in [1.54, 1.807) is 24.3 Å². The molecule has 0 saturated heterocycles. The first-order valence-electron chi connectivity index (χ1n) is 10.2. The molecule has 0 radical (unpaired) electrons. The third kappa shape index (κ3) is 3.56. The van der Waals surface area contributed by atoms with Crippen molar-refractivity contribution in [2.24, 2.45) is 0 Å². The number of furan rings is 1. The van der Waals surface area contributed by atoms with Crippen molar-refractivity contribution >= 4 is 17.6 Å². The van der Waals surface area contributed by atoms with Crippen LogP contribution < -0.4 is 10.6 Å². The highest BCUT2D eigenvalue weighted by molar-refractivity contribution is 6.02. The number of phenolic OH excluding ortho intramolecular Hbond substituents is 1. The van der Waals surface area contributed by atoms with Gasteiger partial charge in [0.05, 0.1) is 17.7 Å². The maximum absolute atomic E-state index is 12.7. The van der Waals surface area contributed by atoms with Gasteiger partial charge in [-0.25, -0.2) is 4.79 Å². The number of nitrogens with zero attached hydrogens (tertiary/aromatic N) is 2. The van der Waals surface area contributed by atoms with Gasteiger partial charge in [0.25, 0.3) is 5.91 Å². The average Bonchev–Trinajstić information content (AvgIpc) is 3.17. The van der Waals surface area contributed by atoms with Gasteiger partial charge in [0, 0.05) is 23.2 Å². The van der Waals surface area contributed by atoms with Crippen molar-refractivity contribution in [2.75, 3.05) is 5.32 Å². The van der Waals surface area contributed by atoms with Crippen LogP contribution in [0.25, 0.3) is 11.3 Å². The Morgan fingerprint density at radius 2 is 1.97 bits per heavy atom. The van der Waals surface area contributed by atoms with E-state index < -0.39 is 0 Å². The van der Waals surface area contributed by atoms with E-state index in [2.05, 4.69) is 15.7 Å². The van der Waals surface area contributed by atoms with E-state index >= 15 is 0 Å². The number of nitrogens with one attached hydrogen (secondary N) is 2. The van der Waals surface area contributed by atoms with Crippen LogP contribution in [0.5, 0.6) is 5.75 Å². The summed E-state index contributed by atoms with van der Waals surface area (Å²) in [7, 11) is 0. The topological polar surface area (TPSA) is 109 Å². The van der Waals surface area contributed by atoms with Crippen LogP contribution in [0.3, 0.4) is 0 Å². The number of amides is 2. The third-order valence-corrected chi connectivity index (χ3v) is 5.63. The van der Waals surface area contributed by atoms with Crippen molar-refractivity contribution in [3.63, 3.8) is 0 Å². The molecule has 0 atom stereocenters. The summed E-state index contributed by atoms with van der Waals surface area (Å²) >= 11 is 0. The van der Waals surface area contributed by atoms with Crippen molar-refractivity contribution in [1.82, 2.24) is 15.1 Å². The first kappa shape index (κ1) is 18.5. The molecule has 1 aromatic carbocycles. The Bertz CT molecular complexity index is 1090. The van der Waals surface area contributed by atoms with Gasteiger partial charge in [-0.2, -0.15) is 9.78 Å². The largest absolute Gasteiger partial charge is 0.507 e. The first-order valence-corrected chi connectivity index (χ1v) is 10.2. The van der Waals surface area contributed by atoms with Crippen molar-refractivity contribution < 1.29 is 19.1 Å². The minimum absolute atomic E-state index is 0.0263. The van der Waals surface area contributed by atoms with Crippen LogP contribution in [0.2, 0.25) is 0 Å². The van der Waals surface area contributed by atoms with E-state index in [4.69, 9.17) is 4.42 Å². The van der Waals surface area contributed by atoms with E-state index in [1.807, 2.05) is 6.07 Å². The van der Waals surface area contributed by atoms with Crippen LogP contribution in [0.15, 0.2) is 47.1 Å². The molecule has 154 valence electrons. The van der Waals surface area contributed by atoms with Crippen molar-refractivity contribution in [2.45, 2.75) is 44.1 Å². The monoisotopic (exact) mass is 406 g/mol. The molecule has 0 unspecified atom stereocenters. The second kappa shape index (κ2) is 7.37. The molecule has 30 heavy (non-hydrogen) atoms. The minimum Gasteiger partial charge on any atom is -0.507 e. The highest BCUT2D eigenvalue weighted by Crippen LogP contribution is 2.39. The van der Waals surface area contributed by atoms with E-state index in [9.17, 15) is 14.7 Å². The number of aromatic hydroxyl groups is 1. The molecule has 0 aliphatic heterocycles. The summed E-state index contributed by atoms with van der Waals surface area (Å²) in [5, 5.41) is 20.7. The fourth-order valence-electron chi connectivity index (χ4n) is 3.57. The molecule has 2 saturated carbocycles. The molecule has 5 rings (SSSR count). The maximum Gasteiger partial charge on any atom is 0.342 e. The molecule has 0 spiro atoms. The standard InChI is InChI=1S/C22H22N4O4/c27-19-9-8-15(23-21(28)20-5-2-10-30-20)11-16(19)17-12-18(13-3-1-4-13)26(25-17)22(29)24-14-6-7-14/h2,5,8-14,27H,1,3-4,6-7H2,(H,23,28)(H,24,29). The lowest BCUT2D eigenvalue weighted by molar-refractivity contribution is 0.0996. The van der Waals surface area contributed by atoms with Gasteiger partial charge in [-0.1, -0.05) is 6.42 Å². The average molecular weight is 406 g/mol. The van der Waals surface area contributed by atoms with Gasteiger partial charge in [-0.05, 0) is 62.1 Å². The van der Waals surface area contributed by atoms with E-state index in [0.717, 1.165) is 37.8 Å². The van der Waals surface area contributed by atoms with Gasteiger partial charge >= 0.3 is 6.03 Å². The molecule has 8 heteroatoms. The number of anilines is 1. The van der Waals surface area contributed by atoms with Crippen LogP contribution in [-0.4, -0.2) is 32.9 Å². The molecule has 2 aromatic heterocycles. The van der Waals surface area contributed by atoms with Gasteiger partial charge in [-0.3, -0.25) is 4.79 Å². The smallest absolute Gasteiger partial charge is 0.342 e. The van der Waals surface area contributed by atoms with Gasteiger partial charge in [0.2, 0.25) is 0 Å². The Morgan fingerprint density at radius 3 is 2.63 bits per heavy atom. The number of carbonyl (C=O) groups is 2. The zero-order chi connectivity index (χ0) is 20.7. The summed E-state index contributed by atoms with van der Waals surface area (Å²) in [6.07, 6.45) is 6.60. The fourth-order valence-corrected chi connectivity index (χ4v) is 3.57. The van der Waals surface area contributed by atoms with Crippen molar-refractivity contribution in [3.05, 3.63) is 54.1 Å². The Labute approximate surface area is 172 Å². The summed E-state index contributed by atoms with van der Waals surface area (Å²) in [5.41, 5.74) is 2.30. The molecule has 2 fully saturated rings. The highest BCUT2D eigenvalue weighted by Gasteiger charge is 2.30. The molecule has 3 N–H and O–H groups in total. The Morgan fingerprint density at radius 1 is 1.13 bits per heavy atom. The summed E-state index contributed by atoms with van der Waals surface area (Å²) in [5.74, 6) is 0.123.